The number of nitrogens with one attached hydrogen (secondary N) is 2. The highest BCUT2D eigenvalue weighted by atomic mass is 19.1. The molecule has 3 heteroatoms. The van der Waals surface area contributed by atoms with Crippen molar-refractivity contribution >= 4 is 11.4 Å². The van der Waals surface area contributed by atoms with Gasteiger partial charge in [0, 0.05) is 25.0 Å². The standard InChI is InChI=1S/C14H15FN2/c1-16-13-7-5-11(6-8-13)10-17-14-4-2-3-12(15)9-14/h2-9,16-17H,10H2,1H3. The summed E-state index contributed by atoms with van der Waals surface area (Å²) in [5, 5.41) is 6.24. The third kappa shape index (κ3) is 3.21. The zero-order valence-corrected chi connectivity index (χ0v) is 9.70. The Morgan fingerprint density at radius 1 is 1.00 bits per heavy atom. The van der Waals surface area contributed by atoms with Crippen molar-refractivity contribution in [3.63, 3.8) is 0 Å². The average molecular weight is 230 g/mol. The summed E-state index contributed by atoms with van der Waals surface area (Å²) in [4.78, 5) is 0. The molecule has 0 aliphatic heterocycles. The van der Waals surface area contributed by atoms with Crippen molar-refractivity contribution in [3.8, 4) is 0 Å². The van der Waals surface area contributed by atoms with Crippen LogP contribution in [0.15, 0.2) is 48.5 Å². The van der Waals surface area contributed by atoms with Gasteiger partial charge in [0.2, 0.25) is 0 Å². The molecule has 0 heterocycles. The lowest BCUT2D eigenvalue weighted by molar-refractivity contribution is 0.628. The van der Waals surface area contributed by atoms with Gasteiger partial charge in [-0.3, -0.25) is 0 Å². The van der Waals surface area contributed by atoms with Gasteiger partial charge in [-0.1, -0.05) is 18.2 Å². The van der Waals surface area contributed by atoms with Gasteiger partial charge in [-0.05, 0) is 35.9 Å². The van der Waals surface area contributed by atoms with E-state index in [0.29, 0.717) is 6.54 Å². The van der Waals surface area contributed by atoms with Crippen LogP contribution in [0.4, 0.5) is 15.8 Å². The summed E-state index contributed by atoms with van der Waals surface area (Å²) in [5.41, 5.74) is 3.04. The van der Waals surface area contributed by atoms with E-state index in [1.807, 2.05) is 37.4 Å². The number of benzene rings is 2. The van der Waals surface area contributed by atoms with E-state index < -0.39 is 0 Å². The fourth-order valence-corrected chi connectivity index (χ4v) is 1.59. The number of anilines is 2. The number of rotatable bonds is 4. The van der Waals surface area contributed by atoms with Crippen molar-refractivity contribution in [2.45, 2.75) is 6.54 Å². The predicted molar refractivity (Wildman–Crippen MR) is 69.7 cm³/mol. The summed E-state index contributed by atoms with van der Waals surface area (Å²) in [6.07, 6.45) is 0. The first-order valence-electron chi connectivity index (χ1n) is 5.54. The summed E-state index contributed by atoms with van der Waals surface area (Å²) < 4.78 is 12.9. The Bertz CT molecular complexity index is 480. The second kappa shape index (κ2) is 5.34. The molecule has 2 nitrogen and oxygen atoms in total. The van der Waals surface area contributed by atoms with Crippen LogP contribution in [0.5, 0.6) is 0 Å². The first-order valence-corrected chi connectivity index (χ1v) is 5.54. The molecule has 17 heavy (non-hydrogen) atoms. The largest absolute Gasteiger partial charge is 0.388 e. The Morgan fingerprint density at radius 2 is 1.76 bits per heavy atom. The minimum atomic E-state index is -0.222. The van der Waals surface area contributed by atoms with Crippen LogP contribution in [0.2, 0.25) is 0 Å². The Labute approximate surface area is 100 Å². The van der Waals surface area contributed by atoms with Crippen LogP contribution in [0, 0.1) is 5.82 Å². The smallest absolute Gasteiger partial charge is 0.125 e. The van der Waals surface area contributed by atoms with Crippen molar-refractivity contribution in [1.29, 1.82) is 0 Å². The van der Waals surface area contributed by atoms with E-state index in [0.717, 1.165) is 16.9 Å². The molecule has 0 unspecified atom stereocenters. The van der Waals surface area contributed by atoms with Crippen LogP contribution < -0.4 is 10.6 Å². The van der Waals surface area contributed by atoms with Gasteiger partial charge in [-0.25, -0.2) is 4.39 Å². The Hall–Kier alpha value is -2.03. The summed E-state index contributed by atoms with van der Waals surface area (Å²) in [7, 11) is 1.89. The molecule has 0 fully saturated rings. The molecule has 2 aromatic carbocycles. The molecule has 0 bridgehead atoms. The van der Waals surface area contributed by atoms with E-state index in [1.54, 1.807) is 6.07 Å². The van der Waals surface area contributed by atoms with Crippen molar-refractivity contribution in [2.75, 3.05) is 17.7 Å². The summed E-state index contributed by atoms with van der Waals surface area (Å²) in [6.45, 7) is 0.688. The molecule has 0 aliphatic carbocycles. The maximum atomic E-state index is 12.9. The van der Waals surface area contributed by atoms with Crippen molar-refractivity contribution in [3.05, 3.63) is 59.9 Å². The lowest BCUT2D eigenvalue weighted by atomic mass is 10.2. The fourth-order valence-electron chi connectivity index (χ4n) is 1.59. The minimum absolute atomic E-state index is 0.222. The van der Waals surface area contributed by atoms with E-state index in [9.17, 15) is 4.39 Å². The molecule has 0 atom stereocenters. The van der Waals surface area contributed by atoms with E-state index in [4.69, 9.17) is 0 Å². The van der Waals surface area contributed by atoms with E-state index in [1.165, 1.54) is 12.1 Å². The van der Waals surface area contributed by atoms with Crippen LogP contribution in [0.3, 0.4) is 0 Å². The number of hydrogen-bond donors (Lipinski definition) is 2. The van der Waals surface area contributed by atoms with Crippen LogP contribution in [0.1, 0.15) is 5.56 Å². The van der Waals surface area contributed by atoms with Gasteiger partial charge in [-0.2, -0.15) is 0 Å². The molecule has 0 saturated carbocycles. The van der Waals surface area contributed by atoms with Gasteiger partial charge >= 0.3 is 0 Å². The van der Waals surface area contributed by atoms with Gasteiger partial charge < -0.3 is 10.6 Å². The van der Waals surface area contributed by atoms with Gasteiger partial charge in [0.1, 0.15) is 5.82 Å². The topological polar surface area (TPSA) is 24.1 Å². The molecule has 0 amide bonds. The predicted octanol–water partition coefficient (Wildman–Crippen LogP) is 3.48. The van der Waals surface area contributed by atoms with Crippen LogP contribution in [-0.2, 0) is 6.54 Å². The van der Waals surface area contributed by atoms with Crippen molar-refractivity contribution in [1.82, 2.24) is 0 Å². The number of halogens is 1. The van der Waals surface area contributed by atoms with E-state index >= 15 is 0 Å². The Balaban J connectivity index is 1.97. The van der Waals surface area contributed by atoms with E-state index in [-0.39, 0.29) is 5.82 Å². The minimum Gasteiger partial charge on any atom is -0.388 e. The van der Waals surface area contributed by atoms with Crippen molar-refractivity contribution < 1.29 is 4.39 Å². The molecule has 0 saturated heterocycles. The molecular formula is C14H15FN2. The van der Waals surface area contributed by atoms with Crippen LogP contribution >= 0.6 is 0 Å². The maximum Gasteiger partial charge on any atom is 0.125 e. The second-order valence-electron chi connectivity index (χ2n) is 3.81. The zero-order chi connectivity index (χ0) is 12.1. The molecule has 88 valence electrons. The SMILES string of the molecule is CNc1ccc(CNc2cccc(F)c2)cc1. The van der Waals surface area contributed by atoms with Gasteiger partial charge in [-0.15, -0.1) is 0 Å². The zero-order valence-electron chi connectivity index (χ0n) is 9.70. The third-order valence-corrected chi connectivity index (χ3v) is 2.56. The third-order valence-electron chi connectivity index (χ3n) is 2.56. The van der Waals surface area contributed by atoms with Gasteiger partial charge in [0.05, 0.1) is 0 Å². The normalized spacial score (nSPS) is 10.0. The number of hydrogen-bond acceptors (Lipinski definition) is 2. The van der Waals surface area contributed by atoms with Crippen molar-refractivity contribution in [2.24, 2.45) is 0 Å². The average Bonchev–Trinajstić information content (AvgIpc) is 2.37. The van der Waals surface area contributed by atoms with Gasteiger partial charge in [0.15, 0.2) is 0 Å². The molecule has 0 aliphatic rings. The first kappa shape index (κ1) is 11.5. The first-order chi connectivity index (χ1) is 8.28. The molecule has 0 aromatic heterocycles. The Kier molecular flexibility index (Phi) is 3.60. The fraction of sp³-hybridized carbons (Fsp3) is 0.143. The van der Waals surface area contributed by atoms with Crippen LogP contribution in [-0.4, -0.2) is 7.05 Å². The molecule has 0 radical (unpaired) electrons. The second-order valence-corrected chi connectivity index (χ2v) is 3.81. The summed E-state index contributed by atoms with van der Waals surface area (Å²) in [6, 6.07) is 14.6. The highest BCUT2D eigenvalue weighted by Crippen LogP contribution is 2.13. The molecule has 0 spiro atoms. The molecular weight excluding hydrogens is 215 g/mol. The van der Waals surface area contributed by atoms with E-state index in [2.05, 4.69) is 10.6 Å². The monoisotopic (exact) mass is 230 g/mol. The molecule has 2 aromatic rings. The highest BCUT2D eigenvalue weighted by molar-refractivity contribution is 5.46. The summed E-state index contributed by atoms with van der Waals surface area (Å²) >= 11 is 0. The van der Waals surface area contributed by atoms with Crippen LogP contribution in [0.25, 0.3) is 0 Å². The lowest BCUT2D eigenvalue weighted by Gasteiger charge is -2.07. The van der Waals surface area contributed by atoms with Gasteiger partial charge in [0.25, 0.3) is 0 Å². The molecule has 2 N–H and O–H groups in total. The lowest BCUT2D eigenvalue weighted by Crippen LogP contribution is -1.99. The Morgan fingerprint density at radius 3 is 2.41 bits per heavy atom. The highest BCUT2D eigenvalue weighted by Gasteiger charge is 1.96. The maximum absolute atomic E-state index is 12.9. The quantitative estimate of drug-likeness (QED) is 0.840. The summed E-state index contributed by atoms with van der Waals surface area (Å²) in [5.74, 6) is -0.222. The molecule has 2 rings (SSSR count).